The predicted molar refractivity (Wildman–Crippen MR) is 81.7 cm³/mol. The number of nitrogens with one attached hydrogen (secondary N) is 1. The monoisotopic (exact) mass is 313 g/mol. The van der Waals surface area contributed by atoms with Gasteiger partial charge in [0.05, 0.1) is 0 Å². The minimum absolute atomic E-state index is 0.142. The Labute approximate surface area is 133 Å². The molecule has 118 valence electrons. The van der Waals surface area contributed by atoms with Gasteiger partial charge < -0.3 is 19.5 Å². The molecule has 1 aliphatic rings. The molecule has 0 atom stereocenters. The number of aryl methyl sites for hydroxylation is 1. The fraction of sp³-hybridized carbons (Fsp3) is 0.176. The van der Waals surface area contributed by atoms with Crippen LogP contribution in [0.1, 0.15) is 15.9 Å². The molecule has 0 saturated carbocycles. The van der Waals surface area contributed by atoms with Gasteiger partial charge in [-0.1, -0.05) is 18.2 Å². The minimum atomic E-state index is -0.534. The summed E-state index contributed by atoms with van der Waals surface area (Å²) in [7, 11) is 0. The van der Waals surface area contributed by atoms with E-state index in [1.165, 1.54) is 0 Å². The van der Waals surface area contributed by atoms with Crippen LogP contribution in [0, 0.1) is 6.92 Å². The first-order valence-electron chi connectivity index (χ1n) is 7.07. The normalized spacial score (nSPS) is 11.9. The molecule has 1 amide bonds. The molecule has 0 saturated heterocycles. The molecule has 3 rings (SSSR count). The number of hydrogen-bond donors (Lipinski definition) is 1. The van der Waals surface area contributed by atoms with Crippen LogP contribution in [0.4, 0.5) is 0 Å². The lowest BCUT2D eigenvalue weighted by atomic mass is 10.2. The van der Waals surface area contributed by atoms with Crippen LogP contribution in [-0.2, 0) is 4.79 Å². The highest BCUT2D eigenvalue weighted by Crippen LogP contribution is 2.32. The van der Waals surface area contributed by atoms with Crippen LogP contribution in [0.2, 0.25) is 0 Å². The summed E-state index contributed by atoms with van der Waals surface area (Å²) in [6, 6.07) is 12.0. The number of carbonyl (C=O) groups excluding carboxylic acids is 2. The van der Waals surface area contributed by atoms with E-state index in [1.54, 1.807) is 30.3 Å². The van der Waals surface area contributed by atoms with Gasteiger partial charge in [-0.2, -0.15) is 0 Å². The van der Waals surface area contributed by atoms with E-state index in [4.69, 9.17) is 14.2 Å². The molecule has 0 unspecified atom stereocenters. The van der Waals surface area contributed by atoms with Gasteiger partial charge in [0.2, 0.25) is 6.79 Å². The number of benzene rings is 2. The summed E-state index contributed by atoms with van der Waals surface area (Å²) in [5, 5.41) is 2.52. The number of carbonyl (C=O) groups is 2. The van der Waals surface area contributed by atoms with Crippen molar-refractivity contribution >= 4 is 11.9 Å². The van der Waals surface area contributed by atoms with Crippen LogP contribution in [0.25, 0.3) is 0 Å². The van der Waals surface area contributed by atoms with E-state index in [0.717, 1.165) is 5.56 Å². The third kappa shape index (κ3) is 3.42. The standard InChI is InChI=1S/C17H15NO5/c1-11-4-2-3-5-13(11)23-16(19)9-18-17(20)12-6-7-14-15(8-12)22-10-21-14/h2-8H,9-10H2,1H3,(H,18,20). The number of rotatable bonds is 4. The number of ether oxygens (including phenoxy) is 3. The van der Waals surface area contributed by atoms with Crippen LogP contribution in [0.3, 0.4) is 0 Å². The predicted octanol–water partition coefficient (Wildman–Crippen LogP) is 2.06. The highest BCUT2D eigenvalue weighted by molar-refractivity contribution is 5.96. The molecule has 0 aromatic heterocycles. The van der Waals surface area contributed by atoms with Gasteiger partial charge in [0.1, 0.15) is 12.3 Å². The summed E-state index contributed by atoms with van der Waals surface area (Å²) in [6.07, 6.45) is 0. The summed E-state index contributed by atoms with van der Waals surface area (Å²) in [4.78, 5) is 23.9. The van der Waals surface area contributed by atoms with Crippen LogP contribution < -0.4 is 19.5 Å². The zero-order chi connectivity index (χ0) is 16.2. The zero-order valence-corrected chi connectivity index (χ0v) is 12.5. The van der Waals surface area contributed by atoms with Crippen molar-refractivity contribution in [3.05, 3.63) is 53.6 Å². The number of hydrogen-bond acceptors (Lipinski definition) is 5. The molecule has 2 aromatic rings. The van der Waals surface area contributed by atoms with Crippen molar-refractivity contribution in [3.63, 3.8) is 0 Å². The lowest BCUT2D eigenvalue weighted by Crippen LogP contribution is -2.31. The third-order valence-electron chi connectivity index (χ3n) is 3.35. The molecule has 1 aliphatic heterocycles. The molecule has 2 aromatic carbocycles. The van der Waals surface area contributed by atoms with Crippen molar-refractivity contribution in [2.75, 3.05) is 13.3 Å². The lowest BCUT2D eigenvalue weighted by molar-refractivity contribution is -0.133. The van der Waals surface area contributed by atoms with Crippen molar-refractivity contribution in [1.29, 1.82) is 0 Å². The Kier molecular flexibility index (Phi) is 4.14. The molecule has 23 heavy (non-hydrogen) atoms. The van der Waals surface area contributed by atoms with Gasteiger partial charge in [0, 0.05) is 5.56 Å². The maximum atomic E-state index is 12.1. The molecule has 0 spiro atoms. The molecule has 0 radical (unpaired) electrons. The molecule has 1 N–H and O–H groups in total. The third-order valence-corrected chi connectivity index (χ3v) is 3.35. The number of fused-ring (bicyclic) bond motifs is 1. The summed E-state index contributed by atoms with van der Waals surface area (Å²) in [6.45, 7) is 1.76. The quantitative estimate of drug-likeness (QED) is 0.691. The second-order valence-electron chi connectivity index (χ2n) is 4.99. The first-order chi connectivity index (χ1) is 11.1. The number of esters is 1. The van der Waals surface area contributed by atoms with E-state index in [0.29, 0.717) is 22.8 Å². The van der Waals surface area contributed by atoms with Crippen LogP contribution in [0.5, 0.6) is 17.2 Å². The van der Waals surface area contributed by atoms with Gasteiger partial charge in [0.25, 0.3) is 5.91 Å². The van der Waals surface area contributed by atoms with Crippen molar-refractivity contribution in [1.82, 2.24) is 5.32 Å². The maximum absolute atomic E-state index is 12.1. The van der Waals surface area contributed by atoms with Crippen molar-refractivity contribution in [2.45, 2.75) is 6.92 Å². The Morgan fingerprint density at radius 3 is 2.74 bits per heavy atom. The molecule has 0 fully saturated rings. The SMILES string of the molecule is Cc1ccccc1OC(=O)CNC(=O)c1ccc2c(c1)OCO2. The topological polar surface area (TPSA) is 73.9 Å². The maximum Gasteiger partial charge on any atom is 0.330 e. The summed E-state index contributed by atoms with van der Waals surface area (Å²) in [5.41, 5.74) is 1.24. The van der Waals surface area contributed by atoms with Crippen LogP contribution >= 0.6 is 0 Å². The second kappa shape index (κ2) is 6.39. The molecular weight excluding hydrogens is 298 g/mol. The summed E-state index contributed by atoms with van der Waals surface area (Å²) in [5.74, 6) is 0.675. The van der Waals surface area contributed by atoms with Gasteiger partial charge in [0.15, 0.2) is 11.5 Å². The van der Waals surface area contributed by atoms with Gasteiger partial charge in [-0.05, 0) is 36.8 Å². The first kappa shape index (κ1) is 14.9. The van der Waals surface area contributed by atoms with E-state index in [1.807, 2.05) is 19.1 Å². The molecule has 0 aliphatic carbocycles. The van der Waals surface area contributed by atoms with Crippen molar-refractivity contribution < 1.29 is 23.8 Å². The average molecular weight is 313 g/mol. The summed E-state index contributed by atoms with van der Waals surface area (Å²) >= 11 is 0. The molecule has 1 heterocycles. The fourth-order valence-electron chi connectivity index (χ4n) is 2.12. The zero-order valence-electron chi connectivity index (χ0n) is 12.5. The Morgan fingerprint density at radius 2 is 1.91 bits per heavy atom. The second-order valence-corrected chi connectivity index (χ2v) is 4.99. The van der Waals surface area contributed by atoms with Gasteiger partial charge in [-0.25, -0.2) is 4.79 Å². The summed E-state index contributed by atoms with van der Waals surface area (Å²) < 4.78 is 15.6. The smallest absolute Gasteiger partial charge is 0.330 e. The van der Waals surface area contributed by atoms with Crippen LogP contribution in [0.15, 0.2) is 42.5 Å². The average Bonchev–Trinajstić information content (AvgIpc) is 3.02. The van der Waals surface area contributed by atoms with Gasteiger partial charge in [-0.15, -0.1) is 0 Å². The molecule has 6 heteroatoms. The van der Waals surface area contributed by atoms with Crippen LogP contribution in [-0.4, -0.2) is 25.2 Å². The molecule has 6 nitrogen and oxygen atoms in total. The largest absolute Gasteiger partial charge is 0.454 e. The Morgan fingerprint density at radius 1 is 1.13 bits per heavy atom. The fourth-order valence-corrected chi connectivity index (χ4v) is 2.12. The van der Waals surface area contributed by atoms with Crippen molar-refractivity contribution in [3.8, 4) is 17.2 Å². The lowest BCUT2D eigenvalue weighted by Gasteiger charge is -2.08. The highest BCUT2D eigenvalue weighted by atomic mass is 16.7. The Bertz CT molecular complexity index is 756. The van der Waals surface area contributed by atoms with Gasteiger partial charge in [-0.3, -0.25) is 4.79 Å². The number of para-hydroxylation sites is 1. The minimum Gasteiger partial charge on any atom is -0.454 e. The van der Waals surface area contributed by atoms with E-state index < -0.39 is 5.97 Å². The molecule has 0 bridgehead atoms. The molecular formula is C17H15NO5. The van der Waals surface area contributed by atoms with E-state index in [2.05, 4.69) is 5.32 Å². The van der Waals surface area contributed by atoms with E-state index in [9.17, 15) is 9.59 Å². The number of amides is 1. The van der Waals surface area contributed by atoms with E-state index in [-0.39, 0.29) is 19.2 Å². The Balaban J connectivity index is 1.56. The Hall–Kier alpha value is -3.02. The van der Waals surface area contributed by atoms with Crippen molar-refractivity contribution in [2.24, 2.45) is 0 Å². The first-order valence-corrected chi connectivity index (χ1v) is 7.07. The van der Waals surface area contributed by atoms with Gasteiger partial charge >= 0.3 is 5.97 Å². The van der Waals surface area contributed by atoms with E-state index >= 15 is 0 Å². The highest BCUT2D eigenvalue weighted by Gasteiger charge is 2.17.